The number of aryl methyl sites for hydroxylation is 1. The molecule has 2 aliphatic rings. The zero-order chi connectivity index (χ0) is 25.3. The van der Waals surface area contributed by atoms with E-state index >= 15 is 0 Å². The first-order chi connectivity index (χ1) is 17.3. The van der Waals surface area contributed by atoms with Crippen LogP contribution in [0.5, 0.6) is 11.5 Å². The Balaban J connectivity index is 1.40. The summed E-state index contributed by atoms with van der Waals surface area (Å²) in [7, 11) is -3.84. The number of anilines is 1. The SMILES string of the molecule is Cc1cccc(S(=O)(=O)N(c2ccc3c(c2)OCO3)C2CCN(Cc3cccc([N+](=O)[O-])c3)CC2)c1. The third kappa shape index (κ3) is 4.87. The van der Waals surface area contributed by atoms with E-state index in [0.717, 1.165) is 11.1 Å². The van der Waals surface area contributed by atoms with Gasteiger partial charge in [-0.2, -0.15) is 0 Å². The highest BCUT2D eigenvalue weighted by atomic mass is 32.2. The van der Waals surface area contributed by atoms with Crippen LogP contribution in [0.4, 0.5) is 11.4 Å². The van der Waals surface area contributed by atoms with Gasteiger partial charge in [-0.1, -0.05) is 24.3 Å². The number of rotatable bonds is 7. The molecule has 3 aromatic rings. The van der Waals surface area contributed by atoms with Crippen molar-refractivity contribution < 1.29 is 22.8 Å². The summed E-state index contributed by atoms with van der Waals surface area (Å²) in [5, 5.41) is 11.1. The summed E-state index contributed by atoms with van der Waals surface area (Å²) in [6, 6.07) is 18.6. The number of likely N-dealkylation sites (tertiary alicyclic amines) is 1. The Hall–Kier alpha value is -3.63. The summed E-state index contributed by atoms with van der Waals surface area (Å²) in [4.78, 5) is 13.2. The van der Waals surface area contributed by atoms with Gasteiger partial charge in [0, 0.05) is 43.9 Å². The van der Waals surface area contributed by atoms with E-state index < -0.39 is 14.9 Å². The third-order valence-electron chi connectivity index (χ3n) is 6.57. The Kier molecular flexibility index (Phi) is 6.55. The first kappa shape index (κ1) is 24.1. The highest BCUT2D eigenvalue weighted by Gasteiger charge is 2.35. The van der Waals surface area contributed by atoms with E-state index in [1.165, 1.54) is 10.4 Å². The molecule has 0 aromatic heterocycles. The molecule has 9 nitrogen and oxygen atoms in total. The minimum Gasteiger partial charge on any atom is -0.454 e. The maximum absolute atomic E-state index is 13.9. The van der Waals surface area contributed by atoms with Gasteiger partial charge in [0.05, 0.1) is 15.5 Å². The quantitative estimate of drug-likeness (QED) is 0.341. The van der Waals surface area contributed by atoms with Gasteiger partial charge in [0.15, 0.2) is 11.5 Å². The molecule has 0 unspecified atom stereocenters. The summed E-state index contributed by atoms with van der Waals surface area (Å²) >= 11 is 0. The van der Waals surface area contributed by atoms with Crippen molar-refractivity contribution in [1.29, 1.82) is 0 Å². The number of non-ortho nitro benzene ring substituents is 1. The average molecular weight is 510 g/mol. The Labute approximate surface area is 210 Å². The van der Waals surface area contributed by atoms with Gasteiger partial charge >= 0.3 is 0 Å². The molecule has 10 heteroatoms. The molecule has 0 radical (unpaired) electrons. The van der Waals surface area contributed by atoms with Crippen molar-refractivity contribution in [3.8, 4) is 11.5 Å². The van der Waals surface area contributed by atoms with Gasteiger partial charge in [-0.3, -0.25) is 19.3 Å². The first-order valence-corrected chi connectivity index (χ1v) is 13.2. The predicted molar refractivity (Wildman–Crippen MR) is 135 cm³/mol. The predicted octanol–water partition coefficient (Wildman–Crippen LogP) is 4.49. The number of ether oxygens (including phenoxy) is 2. The lowest BCUT2D eigenvalue weighted by molar-refractivity contribution is -0.384. The standard InChI is InChI=1S/C26H27N3O6S/c1-19-4-2-7-24(14-19)36(32,33)28(22-8-9-25-26(16-22)35-18-34-25)21-10-12-27(13-11-21)17-20-5-3-6-23(15-20)29(30)31/h2-9,14-16,21H,10-13,17-18H2,1H3. The second-order valence-electron chi connectivity index (χ2n) is 9.09. The number of sulfonamides is 1. The van der Waals surface area contributed by atoms with Crippen LogP contribution in [0.1, 0.15) is 24.0 Å². The Morgan fingerprint density at radius 3 is 2.50 bits per heavy atom. The van der Waals surface area contributed by atoms with E-state index in [2.05, 4.69) is 4.90 Å². The minimum atomic E-state index is -3.84. The molecule has 0 N–H and O–H groups in total. The van der Waals surface area contributed by atoms with Crippen LogP contribution in [-0.4, -0.2) is 44.2 Å². The number of hydrogen-bond donors (Lipinski definition) is 0. The van der Waals surface area contributed by atoms with Crippen LogP contribution >= 0.6 is 0 Å². The van der Waals surface area contributed by atoms with Gasteiger partial charge in [0.2, 0.25) is 6.79 Å². The smallest absolute Gasteiger partial charge is 0.269 e. The van der Waals surface area contributed by atoms with Crippen LogP contribution in [0.15, 0.2) is 71.6 Å². The molecule has 1 fully saturated rings. The summed E-state index contributed by atoms with van der Waals surface area (Å²) in [6.45, 7) is 3.88. The van der Waals surface area contributed by atoms with Crippen LogP contribution in [0.2, 0.25) is 0 Å². The molecule has 0 amide bonds. The fourth-order valence-corrected chi connectivity index (χ4v) is 6.60. The van der Waals surface area contributed by atoms with Crippen molar-refractivity contribution in [3.63, 3.8) is 0 Å². The molecule has 2 aliphatic heterocycles. The minimum absolute atomic E-state index is 0.0700. The number of hydrogen-bond acceptors (Lipinski definition) is 7. The fraction of sp³-hybridized carbons (Fsp3) is 0.308. The summed E-state index contributed by atoms with van der Waals surface area (Å²) in [5.74, 6) is 1.12. The van der Waals surface area contributed by atoms with Crippen LogP contribution in [0.25, 0.3) is 0 Å². The van der Waals surface area contributed by atoms with Crippen molar-refractivity contribution in [1.82, 2.24) is 4.90 Å². The zero-order valence-corrected chi connectivity index (χ0v) is 20.7. The lowest BCUT2D eigenvalue weighted by atomic mass is 10.0. The van der Waals surface area contributed by atoms with Crippen molar-refractivity contribution in [2.45, 2.75) is 37.2 Å². The molecule has 188 valence electrons. The highest BCUT2D eigenvalue weighted by molar-refractivity contribution is 7.92. The second kappa shape index (κ2) is 9.79. The van der Waals surface area contributed by atoms with E-state index in [4.69, 9.17) is 9.47 Å². The maximum Gasteiger partial charge on any atom is 0.269 e. The molecular formula is C26H27N3O6S. The largest absolute Gasteiger partial charge is 0.454 e. The van der Waals surface area contributed by atoms with E-state index in [1.54, 1.807) is 48.5 Å². The molecule has 3 aromatic carbocycles. The molecule has 0 aliphatic carbocycles. The monoisotopic (exact) mass is 509 g/mol. The van der Waals surface area contributed by atoms with Crippen molar-refractivity contribution >= 4 is 21.4 Å². The third-order valence-corrected chi connectivity index (χ3v) is 8.45. The molecule has 2 heterocycles. The number of nitro groups is 1. The molecule has 0 bridgehead atoms. The van der Waals surface area contributed by atoms with Crippen LogP contribution in [0.3, 0.4) is 0 Å². The van der Waals surface area contributed by atoms with Crippen molar-refractivity contribution in [2.24, 2.45) is 0 Å². The fourth-order valence-electron chi connectivity index (χ4n) is 4.80. The van der Waals surface area contributed by atoms with Gasteiger partial charge in [0.1, 0.15) is 0 Å². The number of benzene rings is 3. The lowest BCUT2D eigenvalue weighted by Gasteiger charge is -2.39. The highest BCUT2D eigenvalue weighted by Crippen LogP contribution is 2.39. The van der Waals surface area contributed by atoms with Gasteiger partial charge in [-0.05, 0) is 55.2 Å². The Morgan fingerprint density at radius 1 is 1.00 bits per heavy atom. The van der Waals surface area contributed by atoms with Crippen molar-refractivity contribution in [3.05, 3.63) is 88.0 Å². The van der Waals surface area contributed by atoms with Gasteiger partial charge in [-0.15, -0.1) is 0 Å². The zero-order valence-electron chi connectivity index (χ0n) is 19.9. The van der Waals surface area contributed by atoms with Crippen LogP contribution in [0, 0.1) is 17.0 Å². The summed E-state index contributed by atoms with van der Waals surface area (Å²) in [6.07, 6.45) is 1.24. The van der Waals surface area contributed by atoms with E-state index in [9.17, 15) is 18.5 Å². The molecule has 0 spiro atoms. The number of piperidine rings is 1. The molecule has 0 saturated carbocycles. The molecule has 0 atom stereocenters. The van der Waals surface area contributed by atoms with Gasteiger partial charge in [-0.25, -0.2) is 8.42 Å². The number of nitro benzene ring substituents is 1. The first-order valence-electron chi connectivity index (χ1n) is 11.8. The molecule has 1 saturated heterocycles. The van der Waals surface area contributed by atoms with Gasteiger partial charge in [0.25, 0.3) is 15.7 Å². The summed E-state index contributed by atoms with van der Waals surface area (Å²) in [5.41, 5.74) is 2.34. The summed E-state index contributed by atoms with van der Waals surface area (Å²) < 4.78 is 40.3. The average Bonchev–Trinajstić information content (AvgIpc) is 3.33. The number of nitrogens with zero attached hydrogens (tertiary/aromatic N) is 3. The van der Waals surface area contributed by atoms with E-state index in [1.807, 2.05) is 19.1 Å². The Bertz CT molecular complexity index is 1390. The van der Waals surface area contributed by atoms with Crippen LogP contribution in [-0.2, 0) is 16.6 Å². The molecule has 36 heavy (non-hydrogen) atoms. The van der Waals surface area contributed by atoms with E-state index in [0.29, 0.717) is 49.7 Å². The van der Waals surface area contributed by atoms with Crippen LogP contribution < -0.4 is 13.8 Å². The van der Waals surface area contributed by atoms with Crippen molar-refractivity contribution in [2.75, 3.05) is 24.2 Å². The number of fused-ring (bicyclic) bond motifs is 1. The normalized spacial score (nSPS) is 16.1. The maximum atomic E-state index is 13.9. The molecule has 5 rings (SSSR count). The Morgan fingerprint density at radius 2 is 1.75 bits per heavy atom. The van der Waals surface area contributed by atoms with Gasteiger partial charge < -0.3 is 9.47 Å². The second-order valence-corrected chi connectivity index (χ2v) is 10.9. The topological polar surface area (TPSA) is 102 Å². The van der Waals surface area contributed by atoms with E-state index in [-0.39, 0.29) is 23.4 Å². The lowest BCUT2D eigenvalue weighted by Crippen LogP contribution is -2.47. The molecular weight excluding hydrogens is 482 g/mol.